The molecule has 0 radical (unpaired) electrons. The van der Waals surface area contributed by atoms with E-state index in [1.54, 1.807) is 4.90 Å². The minimum absolute atomic E-state index is 0.143. The number of hydrogen-bond acceptors (Lipinski definition) is 4. The maximum absolute atomic E-state index is 10.2. The Morgan fingerprint density at radius 1 is 1.64 bits per heavy atom. The van der Waals surface area contributed by atoms with E-state index in [1.165, 1.54) is 5.01 Å². The zero-order valence-electron chi connectivity index (χ0n) is 7.77. The Labute approximate surface area is 82.9 Å². The van der Waals surface area contributed by atoms with Crippen molar-refractivity contribution in [3.8, 4) is 0 Å². The van der Waals surface area contributed by atoms with Crippen LogP contribution in [0, 0.1) is 5.41 Å². The van der Waals surface area contributed by atoms with E-state index < -0.39 is 8.25 Å². The van der Waals surface area contributed by atoms with Crippen LogP contribution in [0.15, 0.2) is 0 Å². The Morgan fingerprint density at radius 2 is 2.36 bits per heavy atom. The molecular weight excluding hydrogens is 207 g/mol. The zero-order valence-corrected chi connectivity index (χ0v) is 8.77. The molecule has 0 saturated carbocycles. The summed E-state index contributed by atoms with van der Waals surface area (Å²) in [5.74, 6) is 5.76. The van der Waals surface area contributed by atoms with Gasteiger partial charge in [-0.25, -0.2) is 5.84 Å². The van der Waals surface area contributed by atoms with E-state index in [1.807, 2.05) is 0 Å². The van der Waals surface area contributed by atoms with Gasteiger partial charge in [0.15, 0.2) is 0 Å². The molecule has 4 N–H and O–H groups in total. The molecule has 1 unspecified atom stereocenters. The van der Waals surface area contributed by atoms with E-state index in [2.05, 4.69) is 4.52 Å². The summed E-state index contributed by atoms with van der Waals surface area (Å²) in [6, 6.07) is 0. The summed E-state index contributed by atoms with van der Waals surface area (Å²) in [5.41, 5.74) is 0. The van der Waals surface area contributed by atoms with Gasteiger partial charge in [-0.1, -0.05) is 0 Å². The second-order valence-electron chi connectivity index (χ2n) is 2.97. The van der Waals surface area contributed by atoms with E-state index in [4.69, 9.17) is 16.1 Å². The van der Waals surface area contributed by atoms with Crippen LogP contribution in [0.1, 0.15) is 6.42 Å². The van der Waals surface area contributed by atoms with Gasteiger partial charge in [0.1, 0.15) is 0 Å². The number of nitrogens with one attached hydrogen (secondary N) is 1. The molecule has 1 heterocycles. The average Bonchev–Trinajstić information content (AvgIpc) is 2.12. The summed E-state index contributed by atoms with van der Waals surface area (Å²) >= 11 is 0. The van der Waals surface area contributed by atoms with E-state index in [0.717, 1.165) is 13.0 Å². The molecule has 7 nitrogen and oxygen atoms in total. The van der Waals surface area contributed by atoms with Gasteiger partial charge >= 0.3 is 8.25 Å². The number of nitrogens with two attached hydrogens (primary N) is 1. The Hall–Kier alpha value is -0.620. The lowest BCUT2D eigenvalue weighted by atomic mass is 10.3. The fraction of sp³-hybridized carbons (Fsp3) is 0.833. The molecule has 1 aliphatic heterocycles. The van der Waals surface area contributed by atoms with Gasteiger partial charge in [-0.3, -0.25) is 15.0 Å². The maximum atomic E-state index is 10.2. The highest BCUT2D eigenvalue weighted by Crippen LogP contribution is 2.14. The molecular formula is C6H15N4O3P. The predicted molar refractivity (Wildman–Crippen MR) is 52.0 cm³/mol. The molecule has 0 bridgehead atoms. The van der Waals surface area contributed by atoms with E-state index in [-0.39, 0.29) is 12.6 Å². The molecule has 0 aromatic carbocycles. The van der Waals surface area contributed by atoms with Crippen molar-refractivity contribution in [1.82, 2.24) is 9.91 Å². The third kappa shape index (κ3) is 3.26. The second kappa shape index (κ2) is 5.31. The molecule has 1 saturated heterocycles. The number of rotatable bonds is 4. The topological polar surface area (TPSA) is 103 Å². The predicted octanol–water partition coefficient (Wildman–Crippen LogP) is -0.799. The number of hydrogen-bond donors (Lipinski definition) is 3. The SMILES string of the molecule is N=C1N(N)CCCN1CCO[PH](=O)O. The van der Waals surface area contributed by atoms with Crippen molar-refractivity contribution in [2.45, 2.75) is 6.42 Å². The highest BCUT2D eigenvalue weighted by atomic mass is 31.1. The molecule has 14 heavy (non-hydrogen) atoms. The van der Waals surface area contributed by atoms with Crippen LogP contribution in [-0.2, 0) is 9.09 Å². The summed E-state index contributed by atoms with van der Waals surface area (Å²) in [6.45, 7) is 1.98. The Bertz CT molecular complexity index is 237. The summed E-state index contributed by atoms with van der Waals surface area (Å²) in [5, 5.41) is 8.93. The molecule has 0 spiro atoms. The third-order valence-electron chi connectivity index (χ3n) is 1.99. The van der Waals surface area contributed by atoms with Crippen molar-refractivity contribution in [2.24, 2.45) is 5.84 Å². The Morgan fingerprint density at radius 3 is 3.00 bits per heavy atom. The van der Waals surface area contributed by atoms with Crippen LogP contribution in [-0.4, -0.2) is 47.0 Å². The first-order valence-corrected chi connectivity index (χ1v) is 5.59. The Balaban J connectivity index is 2.29. The molecule has 0 aromatic heterocycles. The standard InChI is InChI=1S/C6H15N4O3P/c7-6-9(2-1-3-10(6)8)4-5-13-14(11)12/h7,14H,1-5,8H2,(H,11,12). The van der Waals surface area contributed by atoms with Gasteiger partial charge in [-0.15, -0.1) is 0 Å². The molecule has 8 heteroatoms. The van der Waals surface area contributed by atoms with Crippen molar-refractivity contribution in [3.63, 3.8) is 0 Å². The minimum Gasteiger partial charge on any atom is -0.340 e. The normalized spacial score (nSPS) is 20.0. The maximum Gasteiger partial charge on any atom is 0.316 e. The van der Waals surface area contributed by atoms with Crippen molar-refractivity contribution in [3.05, 3.63) is 0 Å². The second-order valence-corrected chi connectivity index (χ2v) is 3.79. The minimum atomic E-state index is -2.86. The van der Waals surface area contributed by atoms with Crippen molar-refractivity contribution < 1.29 is 14.0 Å². The van der Waals surface area contributed by atoms with Crippen LogP contribution in [0.2, 0.25) is 0 Å². The largest absolute Gasteiger partial charge is 0.340 e. The highest BCUT2D eigenvalue weighted by molar-refractivity contribution is 7.32. The summed E-state index contributed by atoms with van der Waals surface area (Å²) < 4.78 is 14.8. The van der Waals surface area contributed by atoms with Gasteiger partial charge < -0.3 is 14.3 Å². The highest BCUT2D eigenvalue weighted by Gasteiger charge is 2.19. The van der Waals surface area contributed by atoms with Crippen LogP contribution in [0.5, 0.6) is 0 Å². The van der Waals surface area contributed by atoms with Crippen LogP contribution in [0.25, 0.3) is 0 Å². The molecule has 1 fully saturated rings. The van der Waals surface area contributed by atoms with Gasteiger partial charge in [0.25, 0.3) is 0 Å². The van der Waals surface area contributed by atoms with Crippen LogP contribution >= 0.6 is 8.25 Å². The summed E-state index contributed by atoms with van der Waals surface area (Å²) in [4.78, 5) is 10.1. The first-order valence-electron chi connectivity index (χ1n) is 4.32. The molecule has 0 amide bonds. The molecule has 1 aliphatic rings. The Kier molecular flexibility index (Phi) is 4.34. The number of hydrazine groups is 1. The van der Waals surface area contributed by atoms with Crippen LogP contribution < -0.4 is 5.84 Å². The monoisotopic (exact) mass is 222 g/mol. The number of guanidine groups is 1. The van der Waals surface area contributed by atoms with Crippen molar-refractivity contribution >= 4 is 14.2 Å². The van der Waals surface area contributed by atoms with Gasteiger partial charge in [-0.2, -0.15) is 0 Å². The molecule has 82 valence electrons. The van der Waals surface area contributed by atoms with Crippen LogP contribution in [0.3, 0.4) is 0 Å². The first kappa shape index (κ1) is 11.5. The van der Waals surface area contributed by atoms with Crippen molar-refractivity contribution in [1.29, 1.82) is 5.41 Å². The van der Waals surface area contributed by atoms with Crippen LogP contribution in [0.4, 0.5) is 0 Å². The fourth-order valence-electron chi connectivity index (χ4n) is 1.29. The van der Waals surface area contributed by atoms with Gasteiger partial charge in [0, 0.05) is 19.6 Å². The molecule has 0 aliphatic carbocycles. The van der Waals surface area contributed by atoms with E-state index in [0.29, 0.717) is 13.1 Å². The van der Waals surface area contributed by atoms with E-state index >= 15 is 0 Å². The number of nitrogens with zero attached hydrogens (tertiary/aromatic N) is 2. The lowest BCUT2D eigenvalue weighted by molar-refractivity contribution is 0.208. The summed E-state index contributed by atoms with van der Waals surface area (Å²) in [7, 11) is -2.86. The lowest BCUT2D eigenvalue weighted by Gasteiger charge is -2.35. The van der Waals surface area contributed by atoms with Gasteiger partial charge in [0.05, 0.1) is 6.61 Å². The fourth-order valence-corrected chi connectivity index (χ4v) is 1.55. The summed E-state index contributed by atoms with van der Waals surface area (Å²) in [6.07, 6.45) is 0.882. The van der Waals surface area contributed by atoms with Crippen molar-refractivity contribution in [2.75, 3.05) is 26.2 Å². The molecule has 1 atom stereocenters. The zero-order chi connectivity index (χ0) is 10.6. The van der Waals surface area contributed by atoms with E-state index in [9.17, 15) is 4.57 Å². The third-order valence-corrected chi connectivity index (χ3v) is 2.44. The van der Waals surface area contributed by atoms with Gasteiger partial charge in [-0.05, 0) is 6.42 Å². The quantitative estimate of drug-likeness (QED) is 0.425. The van der Waals surface area contributed by atoms with Gasteiger partial charge in [0.2, 0.25) is 5.96 Å². The average molecular weight is 222 g/mol. The first-order chi connectivity index (χ1) is 6.61. The smallest absolute Gasteiger partial charge is 0.316 e. The lowest BCUT2D eigenvalue weighted by Crippen LogP contribution is -2.53. The molecule has 0 aromatic rings. The molecule has 1 rings (SSSR count).